The Labute approximate surface area is 122 Å². The molecule has 0 radical (unpaired) electrons. The van der Waals surface area contributed by atoms with Crippen molar-refractivity contribution >= 4 is 15.7 Å². The number of halogens is 1. The predicted octanol–water partition coefficient (Wildman–Crippen LogP) is 2.09. The van der Waals surface area contributed by atoms with Gasteiger partial charge in [0.05, 0.1) is 17.7 Å². The van der Waals surface area contributed by atoms with E-state index in [0.29, 0.717) is 11.4 Å². The van der Waals surface area contributed by atoms with Crippen LogP contribution in [-0.2, 0) is 16.6 Å². The van der Waals surface area contributed by atoms with Crippen molar-refractivity contribution in [3.63, 3.8) is 0 Å². The zero-order valence-corrected chi connectivity index (χ0v) is 12.2. The number of hydrogen-bond donors (Lipinski definition) is 2. The van der Waals surface area contributed by atoms with Gasteiger partial charge < -0.3 is 10.5 Å². The fraction of sp³-hybridized carbons (Fsp3) is 0.143. The van der Waals surface area contributed by atoms with Gasteiger partial charge in [-0.25, -0.2) is 12.8 Å². The van der Waals surface area contributed by atoms with E-state index in [9.17, 15) is 12.8 Å². The van der Waals surface area contributed by atoms with Crippen molar-refractivity contribution in [1.29, 1.82) is 0 Å². The van der Waals surface area contributed by atoms with Crippen LogP contribution in [0, 0.1) is 5.82 Å². The smallest absolute Gasteiger partial charge is 0.261 e. The zero-order chi connectivity index (χ0) is 15.5. The quantitative estimate of drug-likeness (QED) is 0.886. The van der Waals surface area contributed by atoms with E-state index in [0.717, 1.165) is 6.07 Å². The molecule has 0 unspecified atom stereocenters. The fourth-order valence-electron chi connectivity index (χ4n) is 1.78. The van der Waals surface area contributed by atoms with Gasteiger partial charge in [0.1, 0.15) is 11.6 Å². The molecule has 0 atom stereocenters. The highest BCUT2D eigenvalue weighted by Gasteiger charge is 2.16. The number of benzene rings is 2. The third-order valence-electron chi connectivity index (χ3n) is 2.87. The maximum absolute atomic E-state index is 13.4. The fourth-order valence-corrected chi connectivity index (χ4v) is 2.88. The molecule has 112 valence electrons. The number of nitrogens with one attached hydrogen (secondary N) is 1. The van der Waals surface area contributed by atoms with E-state index in [2.05, 4.69) is 4.72 Å². The maximum atomic E-state index is 13.4. The van der Waals surface area contributed by atoms with Crippen LogP contribution in [0.2, 0.25) is 0 Å². The number of anilines is 1. The highest BCUT2D eigenvalue weighted by atomic mass is 32.2. The normalized spacial score (nSPS) is 11.2. The van der Waals surface area contributed by atoms with Gasteiger partial charge in [-0.1, -0.05) is 6.07 Å². The SMILES string of the molecule is COc1cccc(NS(=O)(=O)c2ccc(F)c(CN)c2)c1. The van der Waals surface area contributed by atoms with Crippen LogP contribution >= 0.6 is 0 Å². The van der Waals surface area contributed by atoms with Crippen molar-refractivity contribution in [1.82, 2.24) is 0 Å². The molecule has 2 aromatic rings. The van der Waals surface area contributed by atoms with Crippen LogP contribution in [0.4, 0.5) is 10.1 Å². The largest absolute Gasteiger partial charge is 0.497 e. The lowest BCUT2D eigenvalue weighted by Crippen LogP contribution is -2.14. The van der Waals surface area contributed by atoms with Crippen LogP contribution in [0.1, 0.15) is 5.56 Å². The average molecular weight is 310 g/mol. The average Bonchev–Trinajstić information content (AvgIpc) is 2.47. The molecule has 0 spiro atoms. The number of rotatable bonds is 5. The molecule has 0 saturated heterocycles. The van der Waals surface area contributed by atoms with Gasteiger partial charge in [0, 0.05) is 18.2 Å². The van der Waals surface area contributed by atoms with Gasteiger partial charge in [0.15, 0.2) is 0 Å². The molecule has 0 fully saturated rings. The molecule has 0 aliphatic rings. The number of sulfonamides is 1. The third-order valence-corrected chi connectivity index (χ3v) is 4.25. The van der Waals surface area contributed by atoms with Gasteiger partial charge in [0.25, 0.3) is 10.0 Å². The van der Waals surface area contributed by atoms with Crippen LogP contribution in [0.15, 0.2) is 47.4 Å². The molecule has 0 heterocycles. The molecule has 5 nitrogen and oxygen atoms in total. The van der Waals surface area contributed by atoms with Crippen molar-refractivity contribution in [3.8, 4) is 5.75 Å². The molecule has 0 aliphatic heterocycles. The Morgan fingerprint density at radius 1 is 1.24 bits per heavy atom. The first-order valence-electron chi connectivity index (χ1n) is 6.11. The van der Waals surface area contributed by atoms with Gasteiger partial charge in [-0.15, -0.1) is 0 Å². The minimum Gasteiger partial charge on any atom is -0.497 e. The predicted molar refractivity (Wildman–Crippen MR) is 78.1 cm³/mol. The first-order chi connectivity index (χ1) is 9.96. The minimum absolute atomic E-state index is 0.0489. The second kappa shape index (κ2) is 6.11. The molecule has 3 N–H and O–H groups in total. The number of methoxy groups -OCH3 is 1. The lowest BCUT2D eigenvalue weighted by molar-refractivity contribution is 0.415. The van der Waals surface area contributed by atoms with E-state index >= 15 is 0 Å². The van der Waals surface area contributed by atoms with Crippen molar-refractivity contribution in [2.75, 3.05) is 11.8 Å². The summed E-state index contributed by atoms with van der Waals surface area (Å²) < 4.78 is 45.3. The Hall–Kier alpha value is -2.12. The van der Waals surface area contributed by atoms with Crippen LogP contribution < -0.4 is 15.2 Å². The van der Waals surface area contributed by atoms with Crippen LogP contribution in [0.3, 0.4) is 0 Å². The van der Waals surface area contributed by atoms with Crippen molar-refractivity contribution in [2.45, 2.75) is 11.4 Å². The second-order valence-corrected chi connectivity index (χ2v) is 5.98. The minimum atomic E-state index is -3.82. The lowest BCUT2D eigenvalue weighted by Gasteiger charge is -2.10. The van der Waals surface area contributed by atoms with E-state index in [1.165, 1.54) is 19.2 Å². The van der Waals surface area contributed by atoms with Gasteiger partial charge in [-0.3, -0.25) is 4.72 Å². The summed E-state index contributed by atoms with van der Waals surface area (Å²) in [4.78, 5) is -0.0489. The molecule has 0 saturated carbocycles. The molecular weight excluding hydrogens is 295 g/mol. The number of ether oxygens (including phenoxy) is 1. The molecule has 7 heteroatoms. The summed E-state index contributed by atoms with van der Waals surface area (Å²) in [6, 6.07) is 9.99. The van der Waals surface area contributed by atoms with Crippen molar-refractivity contribution in [3.05, 3.63) is 53.8 Å². The van der Waals surface area contributed by atoms with E-state index < -0.39 is 15.8 Å². The molecular formula is C14H15FN2O3S. The summed E-state index contributed by atoms with van der Waals surface area (Å²) in [5, 5.41) is 0. The molecule has 2 rings (SSSR count). The van der Waals surface area contributed by atoms with E-state index in [1.54, 1.807) is 24.3 Å². The van der Waals surface area contributed by atoms with E-state index in [4.69, 9.17) is 10.5 Å². The van der Waals surface area contributed by atoms with Crippen LogP contribution in [0.5, 0.6) is 5.75 Å². The van der Waals surface area contributed by atoms with Gasteiger partial charge in [-0.2, -0.15) is 0 Å². The topological polar surface area (TPSA) is 81.4 Å². The molecule has 21 heavy (non-hydrogen) atoms. The monoisotopic (exact) mass is 310 g/mol. The van der Waals surface area contributed by atoms with E-state index in [-0.39, 0.29) is 17.0 Å². The summed E-state index contributed by atoms with van der Waals surface area (Å²) in [5.41, 5.74) is 5.88. The summed E-state index contributed by atoms with van der Waals surface area (Å²) >= 11 is 0. The van der Waals surface area contributed by atoms with Crippen molar-refractivity contribution in [2.24, 2.45) is 5.73 Å². The third kappa shape index (κ3) is 3.50. The molecule has 0 aromatic heterocycles. The Kier molecular flexibility index (Phi) is 4.44. The van der Waals surface area contributed by atoms with Crippen molar-refractivity contribution < 1.29 is 17.5 Å². The number of nitrogens with two attached hydrogens (primary N) is 1. The first-order valence-corrected chi connectivity index (χ1v) is 7.60. The Morgan fingerprint density at radius 3 is 2.67 bits per heavy atom. The highest BCUT2D eigenvalue weighted by Crippen LogP contribution is 2.21. The van der Waals surface area contributed by atoms with Crippen LogP contribution in [-0.4, -0.2) is 15.5 Å². The summed E-state index contributed by atoms with van der Waals surface area (Å²) in [6.07, 6.45) is 0. The zero-order valence-electron chi connectivity index (χ0n) is 11.3. The summed E-state index contributed by atoms with van der Waals surface area (Å²) in [5.74, 6) is -0.00483. The molecule has 0 amide bonds. The van der Waals surface area contributed by atoms with Gasteiger partial charge in [0.2, 0.25) is 0 Å². The Morgan fingerprint density at radius 2 is 2.00 bits per heavy atom. The maximum Gasteiger partial charge on any atom is 0.261 e. The second-order valence-electron chi connectivity index (χ2n) is 4.29. The van der Waals surface area contributed by atoms with Gasteiger partial charge >= 0.3 is 0 Å². The molecule has 2 aromatic carbocycles. The molecule has 0 aliphatic carbocycles. The Bertz CT molecular complexity index is 748. The first kappa shape index (κ1) is 15.3. The summed E-state index contributed by atoms with van der Waals surface area (Å²) in [6.45, 7) is -0.0750. The summed E-state index contributed by atoms with van der Waals surface area (Å²) in [7, 11) is -2.33. The van der Waals surface area contributed by atoms with Crippen LogP contribution in [0.25, 0.3) is 0 Å². The highest BCUT2D eigenvalue weighted by molar-refractivity contribution is 7.92. The molecule has 0 bridgehead atoms. The number of hydrogen-bond acceptors (Lipinski definition) is 4. The van der Waals surface area contributed by atoms with Gasteiger partial charge in [-0.05, 0) is 30.3 Å². The Balaban J connectivity index is 2.33. The lowest BCUT2D eigenvalue weighted by atomic mass is 10.2. The van der Waals surface area contributed by atoms with E-state index in [1.807, 2.05) is 0 Å². The standard InChI is InChI=1S/C14H15FN2O3S/c1-20-12-4-2-3-11(8-12)17-21(18,19)13-5-6-14(15)10(7-13)9-16/h2-8,17H,9,16H2,1H3.